The molecular formula is C19H32N2O. The van der Waals surface area contributed by atoms with Crippen LogP contribution < -0.4 is 10.1 Å². The number of hydrogen-bond acceptors (Lipinski definition) is 3. The Hall–Kier alpha value is -1.06. The topological polar surface area (TPSA) is 24.5 Å². The third-order valence-electron chi connectivity index (χ3n) is 4.55. The number of benzene rings is 1. The second-order valence-electron chi connectivity index (χ2n) is 7.28. The maximum atomic E-state index is 5.81. The third kappa shape index (κ3) is 4.23. The first-order chi connectivity index (χ1) is 10.5. The van der Waals surface area contributed by atoms with E-state index < -0.39 is 0 Å². The summed E-state index contributed by atoms with van der Waals surface area (Å²) in [5.74, 6) is 1.10. The summed E-state index contributed by atoms with van der Waals surface area (Å²) in [7, 11) is 1.81. The van der Waals surface area contributed by atoms with Crippen molar-refractivity contribution in [2.24, 2.45) is 0 Å². The van der Waals surface area contributed by atoms with Gasteiger partial charge in [-0.1, -0.05) is 39.8 Å². The van der Waals surface area contributed by atoms with Gasteiger partial charge in [0.25, 0.3) is 0 Å². The zero-order chi connectivity index (χ0) is 16.2. The van der Waals surface area contributed by atoms with Crippen LogP contribution >= 0.6 is 0 Å². The lowest BCUT2D eigenvalue weighted by Crippen LogP contribution is -2.44. The van der Waals surface area contributed by atoms with Crippen molar-refractivity contribution < 1.29 is 4.74 Å². The van der Waals surface area contributed by atoms with Crippen molar-refractivity contribution in [3.05, 3.63) is 28.8 Å². The van der Waals surface area contributed by atoms with Crippen molar-refractivity contribution in [1.29, 1.82) is 0 Å². The molecule has 0 spiro atoms. The fraction of sp³-hybridized carbons (Fsp3) is 0.684. The number of aryl methyl sites for hydroxylation is 1. The molecule has 1 heterocycles. The van der Waals surface area contributed by atoms with Gasteiger partial charge in [0.15, 0.2) is 0 Å². The standard InChI is InChI=1S/C19H32N2O/c1-6-15-13-16(7-10-21-11-8-20-9-12-21)18(22-5)17(14-15)19(2,3)4/h13-14,20H,6-12H2,1-5H3. The van der Waals surface area contributed by atoms with E-state index in [2.05, 4.69) is 50.0 Å². The summed E-state index contributed by atoms with van der Waals surface area (Å²) in [4.78, 5) is 2.55. The van der Waals surface area contributed by atoms with Crippen LogP contribution in [0.4, 0.5) is 0 Å². The summed E-state index contributed by atoms with van der Waals surface area (Å²) < 4.78 is 5.81. The SMILES string of the molecule is CCc1cc(CCN2CCNCC2)c(OC)c(C(C)(C)C)c1. The molecule has 1 saturated heterocycles. The summed E-state index contributed by atoms with van der Waals surface area (Å²) in [5, 5.41) is 3.42. The number of nitrogens with one attached hydrogen (secondary N) is 1. The number of methoxy groups -OCH3 is 1. The van der Waals surface area contributed by atoms with Crippen LogP contribution in [-0.4, -0.2) is 44.7 Å². The highest BCUT2D eigenvalue weighted by Crippen LogP contribution is 2.35. The van der Waals surface area contributed by atoms with Crippen LogP contribution in [-0.2, 0) is 18.3 Å². The van der Waals surface area contributed by atoms with Gasteiger partial charge >= 0.3 is 0 Å². The highest BCUT2D eigenvalue weighted by molar-refractivity contribution is 5.48. The van der Waals surface area contributed by atoms with Gasteiger partial charge in [-0.15, -0.1) is 0 Å². The smallest absolute Gasteiger partial charge is 0.125 e. The summed E-state index contributed by atoms with van der Waals surface area (Å²) >= 11 is 0. The van der Waals surface area contributed by atoms with Gasteiger partial charge in [-0.2, -0.15) is 0 Å². The molecule has 0 bridgehead atoms. The average Bonchev–Trinajstić information content (AvgIpc) is 2.52. The van der Waals surface area contributed by atoms with Gasteiger partial charge in [0.1, 0.15) is 5.75 Å². The highest BCUT2D eigenvalue weighted by atomic mass is 16.5. The molecule has 0 aliphatic carbocycles. The molecule has 1 fully saturated rings. The lowest BCUT2D eigenvalue weighted by molar-refractivity contribution is 0.243. The Kier molecular flexibility index (Phi) is 5.87. The Balaban J connectivity index is 2.24. The number of ether oxygens (including phenoxy) is 1. The molecule has 0 radical (unpaired) electrons. The monoisotopic (exact) mass is 304 g/mol. The third-order valence-corrected chi connectivity index (χ3v) is 4.55. The lowest BCUT2D eigenvalue weighted by Gasteiger charge is -2.29. The van der Waals surface area contributed by atoms with Crippen molar-refractivity contribution >= 4 is 0 Å². The van der Waals surface area contributed by atoms with E-state index in [1.807, 2.05) is 7.11 Å². The number of hydrogen-bond donors (Lipinski definition) is 1. The molecule has 22 heavy (non-hydrogen) atoms. The molecule has 2 rings (SSSR count). The zero-order valence-electron chi connectivity index (χ0n) is 15.0. The second-order valence-corrected chi connectivity index (χ2v) is 7.28. The molecule has 1 aliphatic heterocycles. The molecule has 0 aromatic heterocycles. The maximum Gasteiger partial charge on any atom is 0.125 e. The fourth-order valence-electron chi connectivity index (χ4n) is 3.16. The summed E-state index contributed by atoms with van der Waals surface area (Å²) in [6, 6.07) is 4.67. The van der Waals surface area contributed by atoms with E-state index in [1.165, 1.54) is 16.7 Å². The fourth-order valence-corrected chi connectivity index (χ4v) is 3.16. The van der Waals surface area contributed by atoms with Gasteiger partial charge in [0.2, 0.25) is 0 Å². The van der Waals surface area contributed by atoms with Gasteiger partial charge in [-0.25, -0.2) is 0 Å². The van der Waals surface area contributed by atoms with Crippen LogP contribution in [0.3, 0.4) is 0 Å². The Morgan fingerprint density at radius 1 is 1.18 bits per heavy atom. The van der Waals surface area contributed by atoms with E-state index in [0.29, 0.717) is 0 Å². The number of nitrogens with zero attached hydrogens (tertiary/aromatic N) is 1. The minimum atomic E-state index is 0.111. The van der Waals surface area contributed by atoms with Gasteiger partial charge in [0.05, 0.1) is 7.11 Å². The van der Waals surface area contributed by atoms with Crippen LogP contribution in [0.25, 0.3) is 0 Å². The quantitative estimate of drug-likeness (QED) is 0.905. The number of piperazine rings is 1. The van der Waals surface area contributed by atoms with E-state index >= 15 is 0 Å². The molecule has 1 N–H and O–H groups in total. The van der Waals surface area contributed by atoms with Crippen molar-refractivity contribution in [2.45, 2.75) is 46.0 Å². The van der Waals surface area contributed by atoms with Crippen LogP contribution in [0.15, 0.2) is 12.1 Å². The Morgan fingerprint density at radius 3 is 2.41 bits per heavy atom. The summed E-state index contributed by atoms with van der Waals surface area (Å²) in [6.07, 6.45) is 2.15. The molecule has 1 aromatic rings. The van der Waals surface area contributed by atoms with Gasteiger partial charge < -0.3 is 15.0 Å². The van der Waals surface area contributed by atoms with E-state index in [1.54, 1.807) is 0 Å². The summed E-state index contributed by atoms with van der Waals surface area (Å²) in [5.41, 5.74) is 4.23. The van der Waals surface area contributed by atoms with Gasteiger partial charge in [-0.3, -0.25) is 0 Å². The normalized spacial score (nSPS) is 16.8. The second kappa shape index (κ2) is 7.47. The van der Waals surface area contributed by atoms with Crippen LogP contribution in [0.2, 0.25) is 0 Å². The Morgan fingerprint density at radius 2 is 1.86 bits per heavy atom. The van der Waals surface area contributed by atoms with Crippen LogP contribution in [0, 0.1) is 0 Å². The Bertz CT molecular complexity index is 485. The number of rotatable bonds is 5. The van der Waals surface area contributed by atoms with E-state index in [0.717, 1.165) is 51.3 Å². The molecule has 3 heteroatoms. The van der Waals surface area contributed by atoms with Gasteiger partial charge in [0, 0.05) is 38.3 Å². The molecule has 3 nitrogen and oxygen atoms in total. The van der Waals surface area contributed by atoms with Crippen molar-refractivity contribution in [3.8, 4) is 5.75 Å². The highest BCUT2D eigenvalue weighted by Gasteiger charge is 2.22. The largest absolute Gasteiger partial charge is 0.496 e. The first-order valence-electron chi connectivity index (χ1n) is 8.59. The van der Waals surface area contributed by atoms with Crippen molar-refractivity contribution in [2.75, 3.05) is 39.8 Å². The molecule has 0 amide bonds. The van der Waals surface area contributed by atoms with Crippen LogP contribution in [0.5, 0.6) is 5.75 Å². The predicted octanol–water partition coefficient (Wildman–Crippen LogP) is 3.00. The molecule has 124 valence electrons. The van der Waals surface area contributed by atoms with Crippen LogP contribution in [0.1, 0.15) is 44.4 Å². The van der Waals surface area contributed by atoms with Crippen molar-refractivity contribution in [1.82, 2.24) is 10.2 Å². The molecule has 0 atom stereocenters. The average molecular weight is 304 g/mol. The molecule has 0 saturated carbocycles. The minimum absolute atomic E-state index is 0.111. The van der Waals surface area contributed by atoms with E-state index in [9.17, 15) is 0 Å². The van der Waals surface area contributed by atoms with E-state index in [4.69, 9.17) is 4.74 Å². The lowest BCUT2D eigenvalue weighted by atomic mass is 9.83. The molecular weight excluding hydrogens is 272 g/mol. The maximum absolute atomic E-state index is 5.81. The first kappa shape index (κ1) is 17.3. The summed E-state index contributed by atoms with van der Waals surface area (Å²) in [6.45, 7) is 14.7. The first-order valence-corrected chi connectivity index (χ1v) is 8.59. The van der Waals surface area contributed by atoms with Gasteiger partial charge in [-0.05, 0) is 29.4 Å². The zero-order valence-corrected chi connectivity index (χ0v) is 15.0. The van der Waals surface area contributed by atoms with Crippen molar-refractivity contribution in [3.63, 3.8) is 0 Å². The minimum Gasteiger partial charge on any atom is -0.496 e. The molecule has 1 aliphatic rings. The Labute approximate surface area is 136 Å². The van der Waals surface area contributed by atoms with E-state index in [-0.39, 0.29) is 5.41 Å². The predicted molar refractivity (Wildman–Crippen MR) is 94.1 cm³/mol. The molecule has 1 aromatic carbocycles. The molecule has 0 unspecified atom stereocenters.